The molecule has 1 aromatic carbocycles. The Balaban J connectivity index is 0.00000121. The molecule has 1 aliphatic rings. The Labute approximate surface area is 152 Å². The number of pyridine rings is 1. The highest BCUT2D eigenvalue weighted by atomic mass is 35.5. The van der Waals surface area contributed by atoms with Gasteiger partial charge in [0.15, 0.2) is 11.6 Å². The number of methoxy groups -OCH3 is 1. The summed E-state index contributed by atoms with van der Waals surface area (Å²) in [6, 6.07) is 8.86. The molecule has 0 fully saturated rings. The highest BCUT2D eigenvalue weighted by molar-refractivity contribution is 5.83. The van der Waals surface area contributed by atoms with Crippen LogP contribution in [0.3, 0.4) is 0 Å². The highest BCUT2D eigenvalue weighted by Crippen LogP contribution is 2.36. The van der Waals surface area contributed by atoms with Gasteiger partial charge in [0.1, 0.15) is 5.69 Å². The number of benzene rings is 1. The van der Waals surface area contributed by atoms with E-state index < -0.39 is 0 Å². The summed E-state index contributed by atoms with van der Waals surface area (Å²) in [5, 5.41) is 8.12. The van der Waals surface area contributed by atoms with Crippen LogP contribution >= 0.6 is 0 Å². The summed E-state index contributed by atoms with van der Waals surface area (Å²) < 4.78 is 21.2. The van der Waals surface area contributed by atoms with Crippen LogP contribution in [-0.2, 0) is 13.1 Å². The normalized spacial score (nSPS) is 13.0. The maximum absolute atomic E-state index is 14.2. The van der Waals surface area contributed by atoms with Gasteiger partial charge in [0, 0.05) is 36.6 Å². The number of rotatable bonds is 3. The zero-order valence-corrected chi connectivity index (χ0v) is 14.4. The number of ether oxygens (including phenoxy) is 1. The van der Waals surface area contributed by atoms with Crippen LogP contribution in [0.5, 0.6) is 5.75 Å². The first kappa shape index (κ1) is 17.4. The predicted molar refractivity (Wildman–Crippen MR) is 90.2 cm³/mol. The quantitative estimate of drug-likeness (QED) is 0.713. The largest absolute Gasteiger partial charge is 1.00 e. The van der Waals surface area contributed by atoms with Crippen LogP contribution in [0.15, 0.2) is 42.7 Å². The average molecular weight is 361 g/mol. The van der Waals surface area contributed by atoms with Crippen molar-refractivity contribution in [2.45, 2.75) is 13.1 Å². The molecule has 0 atom stereocenters. The molecule has 0 amide bonds. The Kier molecular flexibility index (Phi) is 5.01. The zero-order valence-electron chi connectivity index (χ0n) is 14.7. The number of aromatic nitrogens is 3. The molecule has 0 saturated heterocycles. The first-order chi connectivity index (χ1) is 11.8. The first-order valence-corrected chi connectivity index (χ1v) is 7.82. The van der Waals surface area contributed by atoms with Gasteiger partial charge in [0.2, 0.25) is 0 Å². The molecule has 1 N–H and O–H groups in total. The van der Waals surface area contributed by atoms with Crippen LogP contribution in [0.4, 0.5) is 4.39 Å². The van der Waals surface area contributed by atoms with Crippen molar-refractivity contribution >= 4 is 0 Å². The fourth-order valence-corrected chi connectivity index (χ4v) is 3.09. The van der Waals surface area contributed by atoms with Gasteiger partial charge in [-0.15, -0.1) is 0 Å². The average Bonchev–Trinajstić information content (AvgIpc) is 3.02. The van der Waals surface area contributed by atoms with Crippen LogP contribution in [0, 0.1) is 5.82 Å². The number of hydrogen-bond acceptors (Lipinski definition) is 4. The van der Waals surface area contributed by atoms with Crippen LogP contribution in [-0.4, -0.2) is 28.4 Å². The minimum atomic E-state index is -0.389. The summed E-state index contributed by atoms with van der Waals surface area (Å²) in [6.07, 6.45) is 3.52. The van der Waals surface area contributed by atoms with Gasteiger partial charge >= 0.3 is 1.43 Å². The molecule has 4 rings (SSSR count). The van der Waals surface area contributed by atoms with Crippen molar-refractivity contribution in [3.63, 3.8) is 0 Å². The van der Waals surface area contributed by atoms with Crippen molar-refractivity contribution < 1.29 is 23.0 Å². The second-order valence-corrected chi connectivity index (χ2v) is 5.66. The van der Waals surface area contributed by atoms with Crippen LogP contribution in [0.2, 0.25) is 0 Å². The molecule has 3 heterocycles. The summed E-state index contributed by atoms with van der Waals surface area (Å²) in [5.74, 6) is -0.158. The maximum atomic E-state index is 14.2. The Morgan fingerprint density at radius 3 is 2.72 bits per heavy atom. The van der Waals surface area contributed by atoms with Gasteiger partial charge < -0.3 is 22.5 Å². The van der Waals surface area contributed by atoms with Crippen molar-refractivity contribution in [1.29, 1.82) is 0 Å². The van der Waals surface area contributed by atoms with E-state index in [9.17, 15) is 4.39 Å². The van der Waals surface area contributed by atoms with Crippen LogP contribution in [0.1, 0.15) is 7.12 Å². The van der Waals surface area contributed by atoms with Crippen molar-refractivity contribution in [2.75, 3.05) is 13.7 Å². The van der Waals surface area contributed by atoms with Gasteiger partial charge in [0.05, 0.1) is 19.3 Å². The predicted octanol–water partition coefficient (Wildman–Crippen LogP) is -0.0205. The van der Waals surface area contributed by atoms with Crippen molar-refractivity contribution in [3.05, 3.63) is 54.2 Å². The zero-order chi connectivity index (χ0) is 16.5. The molecule has 0 unspecified atom stereocenters. The molecule has 7 heteroatoms. The van der Waals surface area contributed by atoms with Crippen LogP contribution < -0.4 is 22.5 Å². The topological polar surface area (TPSA) is 52.0 Å². The van der Waals surface area contributed by atoms with E-state index in [1.54, 1.807) is 18.5 Å². The summed E-state index contributed by atoms with van der Waals surface area (Å²) >= 11 is 0. The van der Waals surface area contributed by atoms with Crippen molar-refractivity contribution in [3.8, 4) is 28.1 Å². The molecule has 2 aromatic heterocycles. The van der Waals surface area contributed by atoms with Crippen molar-refractivity contribution in [2.24, 2.45) is 0 Å². The van der Waals surface area contributed by atoms with Gasteiger partial charge in [0.25, 0.3) is 0 Å². The molecule has 25 heavy (non-hydrogen) atoms. The van der Waals surface area contributed by atoms with Gasteiger partial charge in [-0.3, -0.25) is 9.67 Å². The number of hydrogen-bond donors (Lipinski definition) is 1. The Morgan fingerprint density at radius 1 is 1.20 bits per heavy atom. The van der Waals surface area contributed by atoms with E-state index >= 15 is 0 Å². The number of nitrogens with zero attached hydrogens (tertiary/aromatic N) is 3. The number of halogens is 2. The number of nitrogens with one attached hydrogen (secondary N) is 1. The minimum Gasteiger partial charge on any atom is -1.00 e. The van der Waals surface area contributed by atoms with E-state index in [0.717, 1.165) is 47.7 Å². The van der Waals surface area contributed by atoms with E-state index in [4.69, 9.17) is 9.84 Å². The fourth-order valence-electron chi connectivity index (χ4n) is 3.09. The molecular formula is C18H18ClFN4O. The molecular weight excluding hydrogens is 343 g/mol. The molecule has 0 radical (unpaired) electrons. The van der Waals surface area contributed by atoms with E-state index in [-0.39, 0.29) is 25.4 Å². The molecule has 130 valence electrons. The minimum absolute atomic E-state index is 0. The second kappa shape index (κ2) is 7.21. The molecule has 0 bridgehead atoms. The van der Waals surface area contributed by atoms with Gasteiger partial charge in [-0.1, -0.05) is 0 Å². The van der Waals surface area contributed by atoms with Gasteiger partial charge in [-0.05, 0) is 35.9 Å². The molecule has 1 aliphatic heterocycles. The SMILES string of the molecule is COc1ccc(-c2nn3c(c2-c2ccncc2)CNCC3)cc1F.[Cl-].[H+]. The summed E-state index contributed by atoms with van der Waals surface area (Å²) in [4.78, 5) is 4.09. The maximum Gasteiger partial charge on any atom is 1.00 e. The van der Waals surface area contributed by atoms with Crippen LogP contribution in [0.25, 0.3) is 22.4 Å². The van der Waals surface area contributed by atoms with E-state index in [0.29, 0.717) is 0 Å². The number of fused-ring (bicyclic) bond motifs is 1. The third kappa shape index (κ3) is 3.10. The summed E-state index contributed by atoms with van der Waals surface area (Å²) in [6.45, 7) is 2.41. The standard InChI is InChI=1S/C18H17FN4O.ClH/c1-24-16-3-2-13(10-14(16)19)18-17(12-4-6-20-7-5-12)15-11-21-8-9-23(15)22-18;/h2-7,10,21H,8-9,11H2,1H3;1H. The first-order valence-electron chi connectivity index (χ1n) is 7.82. The lowest BCUT2D eigenvalue weighted by atomic mass is 9.99. The third-order valence-electron chi connectivity index (χ3n) is 4.24. The molecule has 0 spiro atoms. The van der Waals surface area contributed by atoms with Gasteiger partial charge in [-0.25, -0.2) is 4.39 Å². The smallest absolute Gasteiger partial charge is 1.00 e. The summed E-state index contributed by atoms with van der Waals surface area (Å²) in [5.41, 5.74) is 4.68. The highest BCUT2D eigenvalue weighted by Gasteiger charge is 2.23. The third-order valence-corrected chi connectivity index (χ3v) is 4.24. The van der Waals surface area contributed by atoms with Crippen molar-refractivity contribution in [1.82, 2.24) is 20.1 Å². The monoisotopic (exact) mass is 360 g/mol. The lowest BCUT2D eigenvalue weighted by Crippen LogP contribution is -3.00. The van der Waals surface area contributed by atoms with E-state index in [2.05, 4.69) is 10.3 Å². The molecule has 0 saturated carbocycles. The summed E-state index contributed by atoms with van der Waals surface area (Å²) in [7, 11) is 1.46. The van der Waals surface area contributed by atoms with Gasteiger partial charge in [-0.2, -0.15) is 5.10 Å². The second-order valence-electron chi connectivity index (χ2n) is 5.66. The Hall–Kier alpha value is -2.44. The Bertz CT molecular complexity index is 888. The fraction of sp³-hybridized carbons (Fsp3) is 0.222. The lowest BCUT2D eigenvalue weighted by Gasteiger charge is -2.16. The van der Waals surface area contributed by atoms with E-state index in [1.807, 2.05) is 22.9 Å². The molecule has 5 nitrogen and oxygen atoms in total. The molecule has 3 aromatic rings. The molecule has 0 aliphatic carbocycles. The lowest BCUT2D eigenvalue weighted by molar-refractivity contribution is -0.00000571. The van der Waals surface area contributed by atoms with E-state index in [1.165, 1.54) is 13.2 Å². The Morgan fingerprint density at radius 2 is 2.00 bits per heavy atom.